The molecule has 0 aliphatic rings. The van der Waals surface area contributed by atoms with Crippen LogP contribution in [-0.4, -0.2) is 41.9 Å². The van der Waals surface area contributed by atoms with Gasteiger partial charge >= 0.3 is 0 Å². The molecule has 1 rings (SSSR count). The average molecular weight is 292 g/mol. The van der Waals surface area contributed by atoms with Gasteiger partial charge < -0.3 is 9.47 Å². The Hall–Kier alpha value is -0.460. The average Bonchev–Trinajstić information content (AvgIpc) is 2.72. The molecule has 16 heavy (non-hydrogen) atoms. The summed E-state index contributed by atoms with van der Waals surface area (Å²) in [4.78, 5) is 0.249. The molecule has 1 aromatic heterocycles. The van der Waals surface area contributed by atoms with E-state index in [2.05, 4.69) is 26.2 Å². The molecular weight excluding hydrogens is 274 g/mol. The van der Waals surface area contributed by atoms with Crippen molar-refractivity contribution in [3.8, 4) is 0 Å². The van der Waals surface area contributed by atoms with E-state index in [0.29, 0.717) is 13.2 Å². The number of aryl methyl sites for hydroxylation is 1. The van der Waals surface area contributed by atoms with E-state index in [-0.39, 0.29) is 4.83 Å². The van der Waals surface area contributed by atoms with Crippen LogP contribution in [0.1, 0.15) is 23.9 Å². The molecule has 0 saturated heterocycles. The van der Waals surface area contributed by atoms with Crippen LogP contribution in [0.5, 0.6) is 0 Å². The second-order valence-corrected chi connectivity index (χ2v) is 4.85. The fourth-order valence-corrected chi connectivity index (χ4v) is 1.39. The molecule has 1 heterocycles. The van der Waals surface area contributed by atoms with Gasteiger partial charge in [0.2, 0.25) is 0 Å². The zero-order chi connectivity index (χ0) is 11.8. The lowest BCUT2D eigenvalue weighted by atomic mass is 10.4. The standard InChI is InChI=1S/C10H18BrN3O2/c1-9(11)10-8-14(13-12-10)4-3-5-16-7-6-15-2/h8-9H,3-7H2,1-2H3. The number of ether oxygens (including phenoxy) is 2. The van der Waals surface area contributed by atoms with Gasteiger partial charge in [-0.05, 0) is 13.3 Å². The summed E-state index contributed by atoms with van der Waals surface area (Å²) >= 11 is 3.45. The van der Waals surface area contributed by atoms with Crippen LogP contribution in [0.15, 0.2) is 6.20 Å². The van der Waals surface area contributed by atoms with Crippen LogP contribution in [-0.2, 0) is 16.0 Å². The molecule has 0 bridgehead atoms. The quantitative estimate of drug-likeness (QED) is 0.541. The van der Waals surface area contributed by atoms with Gasteiger partial charge in [0.15, 0.2) is 0 Å². The number of methoxy groups -OCH3 is 1. The van der Waals surface area contributed by atoms with Crippen LogP contribution in [0.3, 0.4) is 0 Å². The Balaban J connectivity index is 2.12. The number of hydrogen-bond acceptors (Lipinski definition) is 4. The Morgan fingerprint density at radius 1 is 1.44 bits per heavy atom. The highest BCUT2D eigenvalue weighted by molar-refractivity contribution is 9.09. The third kappa shape index (κ3) is 5.05. The van der Waals surface area contributed by atoms with Gasteiger partial charge in [0.05, 0.1) is 23.7 Å². The molecule has 0 aromatic carbocycles. The number of hydrogen-bond donors (Lipinski definition) is 0. The molecule has 6 heteroatoms. The summed E-state index contributed by atoms with van der Waals surface area (Å²) in [6.45, 7) is 4.89. The molecule has 0 amide bonds. The van der Waals surface area contributed by atoms with Gasteiger partial charge in [-0.15, -0.1) is 5.10 Å². The maximum absolute atomic E-state index is 5.35. The molecule has 92 valence electrons. The minimum absolute atomic E-state index is 0.249. The van der Waals surface area contributed by atoms with Crippen molar-refractivity contribution in [3.05, 3.63) is 11.9 Å². The summed E-state index contributed by atoms with van der Waals surface area (Å²) in [5.74, 6) is 0. The number of nitrogens with zero attached hydrogens (tertiary/aromatic N) is 3. The van der Waals surface area contributed by atoms with Gasteiger partial charge in [-0.3, -0.25) is 4.68 Å². The minimum Gasteiger partial charge on any atom is -0.382 e. The van der Waals surface area contributed by atoms with Gasteiger partial charge in [-0.1, -0.05) is 21.1 Å². The van der Waals surface area contributed by atoms with E-state index in [1.54, 1.807) is 7.11 Å². The maximum Gasteiger partial charge on any atom is 0.0960 e. The Morgan fingerprint density at radius 3 is 2.88 bits per heavy atom. The van der Waals surface area contributed by atoms with Crippen LogP contribution in [0.4, 0.5) is 0 Å². The van der Waals surface area contributed by atoms with E-state index in [9.17, 15) is 0 Å². The largest absolute Gasteiger partial charge is 0.382 e. The first kappa shape index (κ1) is 13.6. The topological polar surface area (TPSA) is 49.2 Å². The Morgan fingerprint density at radius 2 is 2.25 bits per heavy atom. The molecule has 5 nitrogen and oxygen atoms in total. The second-order valence-electron chi connectivity index (χ2n) is 3.48. The molecule has 0 fully saturated rings. The highest BCUT2D eigenvalue weighted by atomic mass is 79.9. The second kappa shape index (κ2) is 7.76. The first-order chi connectivity index (χ1) is 7.74. The van der Waals surface area contributed by atoms with Crippen molar-refractivity contribution in [1.29, 1.82) is 0 Å². The van der Waals surface area contributed by atoms with E-state index >= 15 is 0 Å². The van der Waals surface area contributed by atoms with Crippen molar-refractivity contribution in [3.63, 3.8) is 0 Å². The summed E-state index contributed by atoms with van der Waals surface area (Å²) in [5.41, 5.74) is 0.959. The van der Waals surface area contributed by atoms with Crippen LogP contribution in [0, 0.1) is 0 Å². The van der Waals surface area contributed by atoms with E-state index in [1.807, 2.05) is 17.8 Å². The smallest absolute Gasteiger partial charge is 0.0960 e. The molecule has 0 aliphatic carbocycles. The predicted octanol–water partition coefficient (Wildman–Crippen LogP) is 1.79. The lowest BCUT2D eigenvalue weighted by Gasteiger charge is -2.03. The van der Waals surface area contributed by atoms with Gasteiger partial charge in [0.25, 0.3) is 0 Å². The molecule has 1 aromatic rings. The molecule has 0 aliphatic heterocycles. The molecule has 0 N–H and O–H groups in total. The fraction of sp³-hybridized carbons (Fsp3) is 0.800. The third-order valence-corrected chi connectivity index (χ3v) is 2.54. The Labute approximate surface area is 104 Å². The highest BCUT2D eigenvalue weighted by Crippen LogP contribution is 2.17. The predicted molar refractivity (Wildman–Crippen MR) is 64.7 cm³/mol. The van der Waals surface area contributed by atoms with E-state index in [1.165, 1.54) is 0 Å². The van der Waals surface area contributed by atoms with E-state index in [4.69, 9.17) is 9.47 Å². The van der Waals surface area contributed by atoms with Crippen molar-refractivity contribution in [2.75, 3.05) is 26.9 Å². The molecule has 1 unspecified atom stereocenters. The van der Waals surface area contributed by atoms with Crippen molar-refractivity contribution >= 4 is 15.9 Å². The van der Waals surface area contributed by atoms with Crippen LogP contribution < -0.4 is 0 Å². The SMILES string of the molecule is COCCOCCCn1cc(C(C)Br)nn1. The number of rotatable bonds is 8. The third-order valence-electron chi connectivity index (χ3n) is 2.07. The van der Waals surface area contributed by atoms with Crippen molar-refractivity contribution in [2.24, 2.45) is 0 Å². The molecular formula is C10H18BrN3O2. The Bertz CT molecular complexity index is 291. The number of halogens is 1. The summed E-state index contributed by atoms with van der Waals surface area (Å²) in [5, 5.41) is 8.08. The first-order valence-corrected chi connectivity index (χ1v) is 6.26. The van der Waals surface area contributed by atoms with E-state index in [0.717, 1.165) is 25.3 Å². The van der Waals surface area contributed by atoms with Gasteiger partial charge in [0, 0.05) is 26.5 Å². The van der Waals surface area contributed by atoms with Gasteiger partial charge in [-0.2, -0.15) is 0 Å². The summed E-state index contributed by atoms with van der Waals surface area (Å²) in [6, 6.07) is 0. The molecule has 0 radical (unpaired) electrons. The number of alkyl halides is 1. The van der Waals surface area contributed by atoms with Crippen LogP contribution >= 0.6 is 15.9 Å². The monoisotopic (exact) mass is 291 g/mol. The lowest BCUT2D eigenvalue weighted by molar-refractivity contribution is 0.0676. The van der Waals surface area contributed by atoms with Crippen LogP contribution in [0.2, 0.25) is 0 Å². The van der Waals surface area contributed by atoms with Crippen molar-refractivity contribution < 1.29 is 9.47 Å². The molecule has 0 saturated carbocycles. The van der Waals surface area contributed by atoms with Crippen molar-refractivity contribution in [2.45, 2.75) is 24.7 Å². The summed E-state index contributed by atoms with van der Waals surface area (Å²) in [7, 11) is 1.67. The van der Waals surface area contributed by atoms with Crippen molar-refractivity contribution in [1.82, 2.24) is 15.0 Å². The lowest BCUT2D eigenvalue weighted by Crippen LogP contribution is -2.06. The zero-order valence-electron chi connectivity index (χ0n) is 9.73. The van der Waals surface area contributed by atoms with E-state index < -0.39 is 0 Å². The molecule has 0 spiro atoms. The highest BCUT2D eigenvalue weighted by Gasteiger charge is 2.05. The molecule has 1 atom stereocenters. The van der Waals surface area contributed by atoms with Gasteiger partial charge in [0.1, 0.15) is 0 Å². The first-order valence-electron chi connectivity index (χ1n) is 5.35. The maximum atomic E-state index is 5.35. The minimum atomic E-state index is 0.249. The number of aromatic nitrogens is 3. The summed E-state index contributed by atoms with van der Waals surface area (Å²) in [6.07, 6.45) is 2.89. The normalized spacial score (nSPS) is 12.9. The van der Waals surface area contributed by atoms with Gasteiger partial charge in [-0.25, -0.2) is 0 Å². The summed E-state index contributed by atoms with van der Waals surface area (Å²) < 4.78 is 12.1. The van der Waals surface area contributed by atoms with Crippen LogP contribution in [0.25, 0.3) is 0 Å². The zero-order valence-corrected chi connectivity index (χ0v) is 11.3. The fourth-order valence-electron chi connectivity index (χ4n) is 1.18. The Kier molecular flexibility index (Phi) is 6.59.